The number of hydrogen-bond donors (Lipinski definition) is 1. The number of rotatable bonds is 7. The molecule has 36 heavy (non-hydrogen) atoms. The van der Waals surface area contributed by atoms with E-state index in [1.54, 1.807) is 0 Å². The van der Waals surface area contributed by atoms with Gasteiger partial charge in [0.1, 0.15) is 0 Å². The first-order chi connectivity index (χ1) is 17.4. The van der Waals surface area contributed by atoms with E-state index in [4.69, 9.17) is 32.9 Å². The van der Waals surface area contributed by atoms with Gasteiger partial charge >= 0.3 is 0 Å². The van der Waals surface area contributed by atoms with Gasteiger partial charge in [0, 0.05) is 43.8 Å². The number of nitrogens with zero attached hydrogens (tertiary/aromatic N) is 3. The number of aromatic nitrogens is 2. The highest BCUT2D eigenvalue weighted by molar-refractivity contribution is 6.42. The predicted molar refractivity (Wildman–Crippen MR) is 147 cm³/mol. The lowest BCUT2D eigenvalue weighted by molar-refractivity contribution is -0.125. The SMILES string of the molecule is CC(C)Cc1ccc(-n2c(N3CCC(C(=O)NCC4CCOC4)CC3)nc3cc(Cl)c(Cl)cc32)cc1. The molecule has 8 heteroatoms. The molecular formula is C28H34Cl2N4O2. The summed E-state index contributed by atoms with van der Waals surface area (Å²) in [5.74, 6) is 2.10. The van der Waals surface area contributed by atoms with Crippen LogP contribution in [-0.4, -0.2) is 48.3 Å². The quantitative estimate of drug-likeness (QED) is 0.414. The minimum Gasteiger partial charge on any atom is -0.381 e. The number of anilines is 1. The fraction of sp³-hybridized carbons (Fsp3) is 0.500. The van der Waals surface area contributed by atoms with Crippen LogP contribution in [0.15, 0.2) is 36.4 Å². The van der Waals surface area contributed by atoms with E-state index in [9.17, 15) is 4.79 Å². The van der Waals surface area contributed by atoms with Crippen molar-refractivity contribution >= 4 is 46.1 Å². The third-order valence-electron chi connectivity index (χ3n) is 7.25. The van der Waals surface area contributed by atoms with Gasteiger partial charge in [0.25, 0.3) is 0 Å². The smallest absolute Gasteiger partial charge is 0.223 e. The molecule has 0 bridgehead atoms. The van der Waals surface area contributed by atoms with Crippen molar-refractivity contribution in [3.63, 3.8) is 0 Å². The van der Waals surface area contributed by atoms with Crippen LogP contribution in [0.1, 0.15) is 38.7 Å². The molecule has 1 amide bonds. The summed E-state index contributed by atoms with van der Waals surface area (Å²) in [6.07, 6.45) is 3.67. The Labute approximate surface area is 222 Å². The van der Waals surface area contributed by atoms with Crippen molar-refractivity contribution in [3.8, 4) is 5.69 Å². The Morgan fingerprint density at radius 3 is 2.50 bits per heavy atom. The van der Waals surface area contributed by atoms with Crippen LogP contribution in [0.25, 0.3) is 16.7 Å². The second-order valence-electron chi connectivity index (χ2n) is 10.5. The molecular weight excluding hydrogens is 495 g/mol. The van der Waals surface area contributed by atoms with Crippen molar-refractivity contribution in [1.82, 2.24) is 14.9 Å². The number of carbonyl (C=O) groups is 1. The van der Waals surface area contributed by atoms with Gasteiger partial charge in [0.05, 0.1) is 27.7 Å². The molecule has 2 aromatic carbocycles. The molecule has 192 valence electrons. The van der Waals surface area contributed by atoms with E-state index in [-0.39, 0.29) is 11.8 Å². The minimum absolute atomic E-state index is 0.0283. The van der Waals surface area contributed by atoms with Gasteiger partial charge in [-0.15, -0.1) is 0 Å². The second kappa shape index (κ2) is 11.0. The standard InChI is InChI=1S/C28H34Cl2N4O2/c1-18(2)13-19-3-5-22(6-4-19)34-26-15-24(30)23(29)14-25(26)32-28(34)33-10-7-21(8-11-33)27(35)31-16-20-9-12-36-17-20/h3-6,14-15,18,20-21H,7-13,16-17H2,1-2H3,(H,31,35). The Hall–Kier alpha value is -2.28. The summed E-state index contributed by atoms with van der Waals surface area (Å²) in [7, 11) is 0. The number of ether oxygens (including phenoxy) is 1. The van der Waals surface area contributed by atoms with Gasteiger partial charge in [-0.2, -0.15) is 0 Å². The lowest BCUT2D eigenvalue weighted by atomic mass is 9.95. The van der Waals surface area contributed by atoms with Gasteiger partial charge in [-0.1, -0.05) is 49.2 Å². The Balaban J connectivity index is 1.37. The number of imidazole rings is 1. The average Bonchev–Trinajstić information content (AvgIpc) is 3.51. The fourth-order valence-electron chi connectivity index (χ4n) is 5.25. The number of nitrogens with one attached hydrogen (secondary N) is 1. The van der Waals surface area contributed by atoms with Crippen LogP contribution in [0.4, 0.5) is 5.95 Å². The molecule has 1 aromatic heterocycles. The van der Waals surface area contributed by atoms with Gasteiger partial charge in [-0.3, -0.25) is 9.36 Å². The summed E-state index contributed by atoms with van der Waals surface area (Å²) in [5, 5.41) is 4.16. The van der Waals surface area contributed by atoms with Crippen LogP contribution < -0.4 is 10.2 Å². The van der Waals surface area contributed by atoms with Gasteiger partial charge < -0.3 is 15.0 Å². The van der Waals surface area contributed by atoms with Crippen molar-refractivity contribution < 1.29 is 9.53 Å². The number of fused-ring (bicyclic) bond motifs is 1. The van der Waals surface area contributed by atoms with E-state index >= 15 is 0 Å². The molecule has 1 N–H and O–H groups in total. The van der Waals surface area contributed by atoms with E-state index in [1.165, 1.54) is 5.56 Å². The lowest BCUT2D eigenvalue weighted by Gasteiger charge is -2.32. The maximum atomic E-state index is 12.8. The third kappa shape index (κ3) is 5.51. The summed E-state index contributed by atoms with van der Waals surface area (Å²) in [5.41, 5.74) is 4.09. The highest BCUT2D eigenvalue weighted by Gasteiger charge is 2.29. The molecule has 1 atom stereocenters. The maximum Gasteiger partial charge on any atom is 0.223 e. The summed E-state index contributed by atoms with van der Waals surface area (Å²) < 4.78 is 7.59. The number of benzene rings is 2. The molecule has 2 saturated heterocycles. The van der Waals surface area contributed by atoms with E-state index in [0.29, 0.717) is 28.4 Å². The molecule has 0 saturated carbocycles. The lowest BCUT2D eigenvalue weighted by Crippen LogP contribution is -2.42. The van der Waals surface area contributed by atoms with Crippen LogP contribution in [0, 0.1) is 17.8 Å². The molecule has 2 aliphatic heterocycles. The van der Waals surface area contributed by atoms with Crippen molar-refractivity contribution in [2.45, 2.75) is 39.5 Å². The molecule has 6 nitrogen and oxygen atoms in total. The second-order valence-corrected chi connectivity index (χ2v) is 11.3. The minimum atomic E-state index is 0.0283. The summed E-state index contributed by atoms with van der Waals surface area (Å²) in [6, 6.07) is 12.4. The fourth-order valence-corrected chi connectivity index (χ4v) is 5.57. The van der Waals surface area contributed by atoms with Crippen LogP contribution in [0.3, 0.4) is 0 Å². The largest absolute Gasteiger partial charge is 0.381 e. The Morgan fingerprint density at radius 1 is 1.11 bits per heavy atom. The first kappa shape index (κ1) is 25.4. The van der Waals surface area contributed by atoms with Crippen LogP contribution >= 0.6 is 23.2 Å². The van der Waals surface area contributed by atoms with Gasteiger partial charge in [0.15, 0.2) is 0 Å². The van der Waals surface area contributed by atoms with E-state index in [2.05, 4.69) is 52.9 Å². The molecule has 2 aliphatic rings. The zero-order valence-corrected chi connectivity index (χ0v) is 22.5. The first-order valence-corrected chi connectivity index (χ1v) is 13.7. The highest BCUT2D eigenvalue weighted by atomic mass is 35.5. The topological polar surface area (TPSA) is 59.4 Å². The van der Waals surface area contributed by atoms with Crippen LogP contribution in [0.5, 0.6) is 0 Å². The third-order valence-corrected chi connectivity index (χ3v) is 7.98. The van der Waals surface area contributed by atoms with Crippen LogP contribution in [-0.2, 0) is 16.0 Å². The molecule has 5 rings (SSSR count). The van der Waals surface area contributed by atoms with E-state index < -0.39 is 0 Å². The van der Waals surface area contributed by atoms with Crippen LogP contribution in [0.2, 0.25) is 10.0 Å². The Kier molecular flexibility index (Phi) is 7.75. The number of amides is 1. The maximum absolute atomic E-state index is 12.8. The summed E-state index contributed by atoms with van der Waals surface area (Å²) in [6.45, 7) is 8.26. The monoisotopic (exact) mass is 528 g/mol. The van der Waals surface area contributed by atoms with Crippen molar-refractivity contribution in [2.75, 3.05) is 37.7 Å². The van der Waals surface area contributed by atoms with Crippen molar-refractivity contribution in [2.24, 2.45) is 17.8 Å². The zero-order valence-electron chi connectivity index (χ0n) is 21.0. The van der Waals surface area contributed by atoms with E-state index in [0.717, 1.165) is 74.7 Å². The molecule has 0 aliphatic carbocycles. The molecule has 0 spiro atoms. The number of piperidine rings is 1. The van der Waals surface area contributed by atoms with Crippen molar-refractivity contribution in [3.05, 3.63) is 52.0 Å². The molecule has 3 aromatic rings. The summed E-state index contributed by atoms with van der Waals surface area (Å²) in [4.78, 5) is 20.0. The van der Waals surface area contributed by atoms with Gasteiger partial charge in [0.2, 0.25) is 11.9 Å². The van der Waals surface area contributed by atoms with E-state index in [1.807, 2.05) is 12.1 Å². The molecule has 2 fully saturated rings. The molecule has 3 heterocycles. The first-order valence-electron chi connectivity index (χ1n) is 13.0. The Morgan fingerprint density at radius 2 is 1.83 bits per heavy atom. The van der Waals surface area contributed by atoms with Crippen molar-refractivity contribution in [1.29, 1.82) is 0 Å². The molecule has 0 radical (unpaired) electrons. The Bertz CT molecular complexity index is 1210. The zero-order chi connectivity index (χ0) is 25.2. The molecule has 1 unspecified atom stereocenters. The average molecular weight is 530 g/mol. The normalized spacial score (nSPS) is 18.9. The highest BCUT2D eigenvalue weighted by Crippen LogP contribution is 2.34. The number of halogens is 2. The number of hydrogen-bond acceptors (Lipinski definition) is 4. The predicted octanol–water partition coefficient (Wildman–Crippen LogP) is 5.90. The van der Waals surface area contributed by atoms with Gasteiger partial charge in [-0.25, -0.2) is 4.98 Å². The summed E-state index contributed by atoms with van der Waals surface area (Å²) >= 11 is 12.8. The number of carbonyl (C=O) groups excluding carboxylic acids is 1. The van der Waals surface area contributed by atoms with Gasteiger partial charge in [-0.05, 0) is 61.4 Å².